The van der Waals surface area contributed by atoms with Crippen LogP contribution in [0.2, 0.25) is 0 Å². The Balaban J connectivity index is 2.32. The van der Waals surface area contributed by atoms with Gasteiger partial charge in [-0.05, 0) is 18.2 Å². The summed E-state index contributed by atoms with van der Waals surface area (Å²) in [7, 11) is -0.767. The van der Waals surface area contributed by atoms with Gasteiger partial charge in [0.2, 0.25) is 0 Å². The second kappa shape index (κ2) is 6.33. The largest absolute Gasteiger partial charge is 0.497 e. The fourth-order valence-corrected chi connectivity index (χ4v) is 3.87. The van der Waals surface area contributed by atoms with E-state index in [1.807, 2.05) is 0 Å². The summed E-state index contributed by atoms with van der Waals surface area (Å²) in [6.07, 6.45) is 0. The van der Waals surface area contributed by atoms with Crippen LogP contribution in [-0.2, 0) is 16.6 Å². The Morgan fingerprint density at radius 2 is 2.00 bits per heavy atom. The number of ether oxygens (including phenoxy) is 2. The van der Waals surface area contributed by atoms with Crippen molar-refractivity contribution in [2.45, 2.75) is 11.5 Å². The second-order valence-corrected chi connectivity index (χ2v) is 6.76. The van der Waals surface area contributed by atoms with Gasteiger partial charge in [0.05, 0.1) is 31.4 Å². The van der Waals surface area contributed by atoms with Crippen molar-refractivity contribution < 1.29 is 23.0 Å². The van der Waals surface area contributed by atoms with Gasteiger partial charge in [0.1, 0.15) is 11.5 Å². The average molecular weight is 329 g/mol. The molecule has 114 valence electrons. The van der Waals surface area contributed by atoms with Gasteiger partial charge < -0.3 is 14.6 Å². The Morgan fingerprint density at radius 1 is 1.24 bits per heavy atom. The lowest BCUT2D eigenvalue weighted by Crippen LogP contribution is -2.12. The first-order chi connectivity index (χ1) is 10.00. The molecule has 0 aliphatic carbocycles. The lowest BCUT2D eigenvalue weighted by Gasteiger charge is -2.12. The molecule has 0 aliphatic rings. The number of aliphatic hydroxyl groups is 1. The summed E-state index contributed by atoms with van der Waals surface area (Å²) in [5.41, 5.74) is 0.315. The van der Waals surface area contributed by atoms with Gasteiger partial charge in [-0.3, -0.25) is 4.72 Å². The lowest BCUT2D eigenvalue weighted by atomic mass is 10.3. The number of nitrogens with one attached hydrogen (secondary N) is 1. The van der Waals surface area contributed by atoms with Crippen LogP contribution in [0.3, 0.4) is 0 Å². The van der Waals surface area contributed by atoms with E-state index in [1.54, 1.807) is 18.2 Å². The second-order valence-electron chi connectivity index (χ2n) is 4.08. The zero-order chi connectivity index (χ0) is 15.5. The molecule has 0 atom stereocenters. The molecule has 0 radical (unpaired) electrons. The maximum absolute atomic E-state index is 12.3. The highest BCUT2D eigenvalue weighted by atomic mass is 32.2. The van der Waals surface area contributed by atoms with Crippen LogP contribution >= 0.6 is 11.3 Å². The number of methoxy groups -OCH3 is 2. The minimum absolute atomic E-state index is 0.106. The molecular formula is C13H15NO5S2. The summed E-state index contributed by atoms with van der Waals surface area (Å²) in [4.78, 5) is 0.687. The molecule has 2 aromatic rings. The Labute approximate surface area is 127 Å². The zero-order valence-corrected chi connectivity index (χ0v) is 13.1. The third-order valence-corrected chi connectivity index (χ3v) is 5.16. The molecule has 2 rings (SSSR count). The Kier molecular flexibility index (Phi) is 4.71. The fraction of sp³-hybridized carbons (Fsp3) is 0.231. The minimum Gasteiger partial charge on any atom is -0.497 e. The van der Waals surface area contributed by atoms with E-state index >= 15 is 0 Å². The standard InChI is InChI=1S/C13H15NO5S2/c1-18-9-3-4-12(13(5-9)19-2)14-21(16,17)11-6-10(7-15)20-8-11/h3-6,8,14-15H,7H2,1-2H3. The van der Waals surface area contributed by atoms with Crippen molar-refractivity contribution in [2.24, 2.45) is 0 Å². The zero-order valence-electron chi connectivity index (χ0n) is 11.5. The van der Waals surface area contributed by atoms with Gasteiger partial charge in [0.15, 0.2) is 0 Å². The van der Waals surface area contributed by atoms with Crippen molar-refractivity contribution in [1.29, 1.82) is 0 Å². The number of hydrogen-bond donors (Lipinski definition) is 2. The first-order valence-electron chi connectivity index (χ1n) is 5.93. The number of sulfonamides is 1. The molecule has 0 spiro atoms. The van der Waals surface area contributed by atoms with Crippen molar-refractivity contribution in [3.05, 3.63) is 34.5 Å². The SMILES string of the molecule is COc1ccc(NS(=O)(=O)c2csc(CO)c2)c(OC)c1. The van der Waals surface area contributed by atoms with Crippen molar-refractivity contribution >= 4 is 27.0 Å². The summed E-state index contributed by atoms with van der Waals surface area (Å²) in [5, 5.41) is 10.5. The first-order valence-corrected chi connectivity index (χ1v) is 8.29. The van der Waals surface area contributed by atoms with E-state index in [4.69, 9.17) is 14.6 Å². The normalized spacial score (nSPS) is 11.2. The van der Waals surface area contributed by atoms with E-state index in [0.717, 1.165) is 0 Å². The van der Waals surface area contributed by atoms with Crippen molar-refractivity contribution in [3.8, 4) is 11.5 Å². The van der Waals surface area contributed by atoms with Gasteiger partial charge in [-0.2, -0.15) is 0 Å². The summed E-state index contributed by atoms with van der Waals surface area (Å²) in [6, 6.07) is 6.22. The van der Waals surface area contributed by atoms with Crippen LogP contribution in [0.15, 0.2) is 34.5 Å². The maximum Gasteiger partial charge on any atom is 0.262 e. The van der Waals surface area contributed by atoms with Crippen molar-refractivity contribution in [2.75, 3.05) is 18.9 Å². The van der Waals surface area contributed by atoms with Crippen molar-refractivity contribution in [1.82, 2.24) is 0 Å². The van der Waals surface area contributed by atoms with E-state index in [9.17, 15) is 8.42 Å². The van der Waals surface area contributed by atoms with Crippen molar-refractivity contribution in [3.63, 3.8) is 0 Å². The molecule has 0 saturated heterocycles. The Hall–Kier alpha value is -1.77. The van der Waals surface area contributed by atoms with Gasteiger partial charge >= 0.3 is 0 Å². The molecule has 0 fully saturated rings. The predicted molar refractivity (Wildman–Crippen MR) is 80.6 cm³/mol. The highest BCUT2D eigenvalue weighted by Crippen LogP contribution is 2.31. The average Bonchev–Trinajstić information content (AvgIpc) is 2.97. The molecule has 0 bridgehead atoms. The molecular weight excluding hydrogens is 314 g/mol. The van der Waals surface area contributed by atoms with E-state index < -0.39 is 10.0 Å². The van der Waals surface area contributed by atoms with Crippen LogP contribution in [0.5, 0.6) is 11.5 Å². The fourth-order valence-electron chi connectivity index (χ4n) is 1.67. The molecule has 1 aromatic carbocycles. The highest BCUT2D eigenvalue weighted by molar-refractivity contribution is 7.92. The quantitative estimate of drug-likeness (QED) is 0.847. The van der Waals surface area contributed by atoms with Crippen LogP contribution in [0.4, 0.5) is 5.69 Å². The summed E-state index contributed by atoms with van der Waals surface area (Å²) in [5.74, 6) is 0.920. The van der Waals surface area contributed by atoms with E-state index in [0.29, 0.717) is 22.1 Å². The number of benzene rings is 1. The van der Waals surface area contributed by atoms with Crippen LogP contribution < -0.4 is 14.2 Å². The maximum atomic E-state index is 12.3. The van der Waals surface area contributed by atoms with Gasteiger partial charge in [0, 0.05) is 16.3 Å². The van der Waals surface area contributed by atoms with Crippen LogP contribution in [0, 0.1) is 0 Å². The van der Waals surface area contributed by atoms with Crippen LogP contribution in [0.25, 0.3) is 0 Å². The minimum atomic E-state index is -3.73. The van der Waals surface area contributed by atoms with Crippen LogP contribution in [0.1, 0.15) is 4.88 Å². The molecule has 6 nitrogen and oxygen atoms in total. The summed E-state index contributed by atoms with van der Waals surface area (Å²) < 4.78 is 37.2. The van der Waals surface area contributed by atoms with E-state index in [1.165, 1.54) is 37.0 Å². The third-order valence-electron chi connectivity index (χ3n) is 2.75. The smallest absolute Gasteiger partial charge is 0.262 e. The van der Waals surface area contributed by atoms with Gasteiger partial charge in [-0.1, -0.05) is 0 Å². The molecule has 0 amide bonds. The highest BCUT2D eigenvalue weighted by Gasteiger charge is 2.18. The third kappa shape index (κ3) is 3.46. The molecule has 8 heteroatoms. The molecule has 0 unspecified atom stereocenters. The van der Waals surface area contributed by atoms with Gasteiger partial charge in [-0.25, -0.2) is 8.42 Å². The van der Waals surface area contributed by atoms with Gasteiger partial charge in [0.25, 0.3) is 10.0 Å². The summed E-state index contributed by atoms with van der Waals surface area (Å²) >= 11 is 1.18. The molecule has 21 heavy (non-hydrogen) atoms. The van der Waals surface area contributed by atoms with E-state index in [-0.39, 0.29) is 11.5 Å². The lowest BCUT2D eigenvalue weighted by molar-refractivity contribution is 0.285. The van der Waals surface area contributed by atoms with E-state index in [2.05, 4.69) is 4.72 Å². The topological polar surface area (TPSA) is 84.9 Å². The number of rotatable bonds is 6. The summed E-state index contributed by atoms with van der Waals surface area (Å²) in [6.45, 7) is -0.188. The monoisotopic (exact) mass is 329 g/mol. The number of anilines is 1. The Morgan fingerprint density at radius 3 is 2.57 bits per heavy atom. The predicted octanol–water partition coefficient (Wildman–Crippen LogP) is 2.06. The Bertz CT molecular complexity index is 724. The first kappa shape index (κ1) is 15.6. The molecule has 1 heterocycles. The molecule has 0 saturated carbocycles. The number of aliphatic hydroxyl groups excluding tert-OH is 1. The number of hydrogen-bond acceptors (Lipinski definition) is 6. The molecule has 1 aromatic heterocycles. The number of thiophene rings is 1. The molecule has 2 N–H and O–H groups in total. The van der Waals surface area contributed by atoms with Gasteiger partial charge in [-0.15, -0.1) is 11.3 Å². The molecule has 0 aliphatic heterocycles. The van der Waals surface area contributed by atoms with Crippen LogP contribution in [-0.4, -0.2) is 27.7 Å².